The molecule has 1 heterocycles. The van der Waals surface area contributed by atoms with Crippen LogP contribution in [-0.4, -0.2) is 32.9 Å². The summed E-state index contributed by atoms with van der Waals surface area (Å²) >= 11 is 0. The number of hydrogen-bond acceptors (Lipinski definition) is 5. The SMILES string of the molecule is CCN(C(=O)Cn1c(=O)oc2cc([N+](=O)[O-])ccc21)C1CCCC1. The third kappa shape index (κ3) is 2.91. The van der Waals surface area contributed by atoms with Crippen molar-refractivity contribution in [2.75, 3.05) is 6.54 Å². The van der Waals surface area contributed by atoms with Crippen molar-refractivity contribution in [3.8, 4) is 0 Å². The van der Waals surface area contributed by atoms with Gasteiger partial charge in [0.25, 0.3) is 5.69 Å². The minimum absolute atomic E-state index is 0.117. The second kappa shape index (κ2) is 6.46. The number of benzene rings is 1. The highest BCUT2D eigenvalue weighted by molar-refractivity contribution is 5.81. The van der Waals surface area contributed by atoms with Crippen molar-refractivity contribution < 1.29 is 14.1 Å². The molecule has 1 aliphatic carbocycles. The van der Waals surface area contributed by atoms with Crippen LogP contribution in [0.3, 0.4) is 0 Å². The Hall–Kier alpha value is -2.64. The molecule has 0 aliphatic heterocycles. The van der Waals surface area contributed by atoms with E-state index in [1.54, 1.807) is 0 Å². The van der Waals surface area contributed by atoms with E-state index in [1.807, 2.05) is 11.8 Å². The van der Waals surface area contributed by atoms with E-state index in [0.29, 0.717) is 12.1 Å². The summed E-state index contributed by atoms with van der Waals surface area (Å²) in [5.41, 5.74) is 0.350. The normalized spacial score (nSPS) is 15.0. The largest absolute Gasteiger partial charge is 0.420 e. The molecule has 0 radical (unpaired) electrons. The Kier molecular flexibility index (Phi) is 4.37. The first-order valence-corrected chi connectivity index (χ1v) is 8.08. The third-order valence-corrected chi connectivity index (χ3v) is 4.58. The van der Waals surface area contributed by atoms with E-state index in [9.17, 15) is 19.7 Å². The van der Waals surface area contributed by atoms with Crippen molar-refractivity contribution in [1.82, 2.24) is 9.47 Å². The van der Waals surface area contributed by atoms with Gasteiger partial charge in [-0.1, -0.05) is 12.8 Å². The molecule has 0 bridgehead atoms. The molecule has 1 fully saturated rings. The van der Waals surface area contributed by atoms with Gasteiger partial charge in [0.05, 0.1) is 16.5 Å². The lowest BCUT2D eigenvalue weighted by Crippen LogP contribution is -2.41. The molecule has 8 nitrogen and oxygen atoms in total. The first kappa shape index (κ1) is 16.2. The molecule has 2 aromatic rings. The van der Waals surface area contributed by atoms with Gasteiger partial charge in [-0.05, 0) is 25.8 Å². The molecular weight excluding hydrogens is 314 g/mol. The number of amides is 1. The Labute approximate surface area is 137 Å². The summed E-state index contributed by atoms with van der Waals surface area (Å²) in [4.78, 5) is 36.7. The van der Waals surface area contributed by atoms with E-state index in [2.05, 4.69) is 0 Å². The fraction of sp³-hybridized carbons (Fsp3) is 0.500. The zero-order chi connectivity index (χ0) is 17.3. The summed E-state index contributed by atoms with van der Waals surface area (Å²) in [6.45, 7) is 2.41. The molecular formula is C16H19N3O5. The molecule has 128 valence electrons. The lowest BCUT2D eigenvalue weighted by atomic mass is 10.2. The van der Waals surface area contributed by atoms with Gasteiger partial charge in [0.15, 0.2) is 5.58 Å². The van der Waals surface area contributed by atoms with Crippen molar-refractivity contribution in [3.05, 3.63) is 38.9 Å². The van der Waals surface area contributed by atoms with Crippen LogP contribution in [0.25, 0.3) is 11.1 Å². The minimum Gasteiger partial charge on any atom is -0.407 e. The number of nitrogens with zero attached hydrogens (tertiary/aromatic N) is 3. The highest BCUT2D eigenvalue weighted by Crippen LogP contribution is 2.24. The van der Waals surface area contributed by atoms with Gasteiger partial charge in [-0.2, -0.15) is 0 Å². The Morgan fingerprint density at radius 1 is 1.42 bits per heavy atom. The van der Waals surface area contributed by atoms with Gasteiger partial charge in [-0.3, -0.25) is 19.5 Å². The highest BCUT2D eigenvalue weighted by Gasteiger charge is 2.26. The van der Waals surface area contributed by atoms with Gasteiger partial charge in [0.2, 0.25) is 5.91 Å². The van der Waals surface area contributed by atoms with E-state index in [4.69, 9.17) is 4.42 Å². The van der Waals surface area contributed by atoms with Crippen LogP contribution in [0.15, 0.2) is 27.4 Å². The smallest absolute Gasteiger partial charge is 0.407 e. The molecule has 1 amide bonds. The zero-order valence-electron chi connectivity index (χ0n) is 13.4. The minimum atomic E-state index is -0.679. The summed E-state index contributed by atoms with van der Waals surface area (Å²) in [7, 11) is 0. The first-order valence-electron chi connectivity index (χ1n) is 8.08. The quantitative estimate of drug-likeness (QED) is 0.617. The number of rotatable bonds is 5. The van der Waals surface area contributed by atoms with Crippen LogP contribution in [-0.2, 0) is 11.3 Å². The molecule has 0 atom stereocenters. The molecule has 8 heteroatoms. The predicted octanol–water partition coefficient (Wildman–Crippen LogP) is 2.29. The van der Waals surface area contributed by atoms with Crippen LogP contribution in [0.4, 0.5) is 5.69 Å². The third-order valence-electron chi connectivity index (χ3n) is 4.58. The van der Waals surface area contributed by atoms with Crippen molar-refractivity contribution in [3.63, 3.8) is 0 Å². The number of fused-ring (bicyclic) bond motifs is 1. The first-order chi connectivity index (χ1) is 11.5. The molecule has 1 aliphatic rings. The molecule has 0 unspecified atom stereocenters. The standard InChI is InChI=1S/C16H19N3O5/c1-2-17(11-5-3-4-6-11)15(20)10-18-13-8-7-12(19(22)23)9-14(13)24-16(18)21/h7-9,11H,2-6,10H2,1H3. The van der Waals surface area contributed by atoms with Gasteiger partial charge < -0.3 is 9.32 Å². The fourth-order valence-electron chi connectivity index (χ4n) is 3.40. The number of nitro benzene ring substituents is 1. The maximum Gasteiger partial charge on any atom is 0.420 e. The maximum atomic E-state index is 12.6. The van der Waals surface area contributed by atoms with E-state index < -0.39 is 10.7 Å². The average molecular weight is 333 g/mol. The van der Waals surface area contributed by atoms with Gasteiger partial charge >= 0.3 is 5.76 Å². The molecule has 1 aromatic carbocycles. The summed E-state index contributed by atoms with van der Waals surface area (Å²) < 4.78 is 6.30. The number of non-ortho nitro benzene ring substituents is 1. The molecule has 24 heavy (non-hydrogen) atoms. The number of likely N-dealkylation sites (N-methyl/N-ethyl adjacent to an activating group) is 1. The second-order valence-electron chi connectivity index (χ2n) is 5.98. The Balaban J connectivity index is 1.89. The molecule has 0 N–H and O–H groups in total. The van der Waals surface area contributed by atoms with Crippen molar-refractivity contribution in [2.24, 2.45) is 0 Å². The lowest BCUT2D eigenvalue weighted by Gasteiger charge is -2.27. The van der Waals surface area contributed by atoms with E-state index in [-0.39, 0.29) is 29.8 Å². The van der Waals surface area contributed by atoms with Crippen LogP contribution < -0.4 is 5.76 Å². The summed E-state index contributed by atoms with van der Waals surface area (Å²) in [5.74, 6) is -0.811. The number of oxazole rings is 1. The molecule has 0 spiro atoms. The Morgan fingerprint density at radius 3 is 2.75 bits per heavy atom. The summed E-state index contributed by atoms with van der Waals surface area (Å²) in [6, 6.07) is 4.17. The number of nitro groups is 1. The van der Waals surface area contributed by atoms with Crippen LogP contribution >= 0.6 is 0 Å². The fourth-order valence-corrected chi connectivity index (χ4v) is 3.40. The van der Waals surface area contributed by atoms with E-state index in [0.717, 1.165) is 25.7 Å². The molecule has 3 rings (SSSR count). The number of carbonyl (C=O) groups excluding carboxylic acids is 1. The van der Waals surface area contributed by atoms with Crippen LogP contribution in [0.2, 0.25) is 0 Å². The van der Waals surface area contributed by atoms with Gasteiger partial charge in [-0.25, -0.2) is 4.79 Å². The molecule has 0 saturated heterocycles. The Morgan fingerprint density at radius 2 is 2.12 bits per heavy atom. The van der Waals surface area contributed by atoms with Crippen molar-refractivity contribution in [2.45, 2.75) is 45.2 Å². The topological polar surface area (TPSA) is 98.6 Å². The van der Waals surface area contributed by atoms with Gasteiger partial charge in [0, 0.05) is 18.7 Å². The highest BCUT2D eigenvalue weighted by atomic mass is 16.6. The zero-order valence-corrected chi connectivity index (χ0v) is 13.4. The second-order valence-corrected chi connectivity index (χ2v) is 5.98. The van der Waals surface area contributed by atoms with Crippen molar-refractivity contribution in [1.29, 1.82) is 0 Å². The summed E-state index contributed by atoms with van der Waals surface area (Å²) in [6.07, 6.45) is 4.22. The maximum absolute atomic E-state index is 12.6. The molecule has 1 saturated carbocycles. The van der Waals surface area contributed by atoms with Gasteiger partial charge in [-0.15, -0.1) is 0 Å². The predicted molar refractivity (Wildman–Crippen MR) is 86.8 cm³/mol. The van der Waals surface area contributed by atoms with Crippen LogP contribution in [0, 0.1) is 10.1 Å². The molecule has 1 aromatic heterocycles. The van der Waals surface area contributed by atoms with E-state index in [1.165, 1.54) is 22.8 Å². The number of carbonyl (C=O) groups is 1. The van der Waals surface area contributed by atoms with Gasteiger partial charge in [0.1, 0.15) is 6.54 Å². The monoisotopic (exact) mass is 333 g/mol. The van der Waals surface area contributed by atoms with E-state index >= 15 is 0 Å². The van der Waals surface area contributed by atoms with Crippen molar-refractivity contribution >= 4 is 22.7 Å². The van der Waals surface area contributed by atoms with Crippen LogP contribution in [0.1, 0.15) is 32.6 Å². The average Bonchev–Trinajstić information content (AvgIpc) is 3.16. The summed E-state index contributed by atoms with van der Waals surface area (Å²) in [5, 5.41) is 10.8. The number of aromatic nitrogens is 1. The number of hydrogen-bond donors (Lipinski definition) is 0. The van der Waals surface area contributed by atoms with Crippen LogP contribution in [0.5, 0.6) is 0 Å². The lowest BCUT2D eigenvalue weighted by molar-refractivity contribution is -0.384. The Bertz CT molecular complexity index is 832.